The molecule has 0 atom stereocenters. The van der Waals surface area contributed by atoms with Crippen molar-refractivity contribution in [3.63, 3.8) is 0 Å². The van der Waals surface area contributed by atoms with E-state index in [1.807, 2.05) is 13.8 Å². The molecule has 13 nitrogen and oxygen atoms in total. The fourth-order valence-corrected chi connectivity index (χ4v) is 3.28. The van der Waals surface area contributed by atoms with Gasteiger partial charge in [-0.05, 0) is 25.0 Å². The van der Waals surface area contributed by atoms with Gasteiger partial charge in [-0.2, -0.15) is 0 Å². The van der Waals surface area contributed by atoms with Crippen molar-refractivity contribution in [2.24, 2.45) is 5.14 Å². The molecule has 0 aromatic carbocycles. The number of carbonyl (C=O) groups excluding carboxylic acids is 2. The van der Waals surface area contributed by atoms with Crippen LogP contribution in [0.25, 0.3) is 0 Å². The maximum absolute atomic E-state index is 12.8. The number of ether oxygens (including phenoxy) is 1. The Morgan fingerprint density at radius 2 is 1.91 bits per heavy atom. The van der Waals surface area contributed by atoms with Crippen LogP contribution in [0.3, 0.4) is 0 Å². The Bertz CT molecular complexity index is 1210. The lowest BCUT2D eigenvalue weighted by Gasteiger charge is -2.24. The molecule has 0 fully saturated rings. The van der Waals surface area contributed by atoms with Gasteiger partial charge in [0.1, 0.15) is 5.82 Å². The molecular weight excluding hydrogens is 446 g/mol. The van der Waals surface area contributed by atoms with Gasteiger partial charge in [0.15, 0.2) is 12.3 Å². The summed E-state index contributed by atoms with van der Waals surface area (Å²) in [6.45, 7) is 3.20. The first-order chi connectivity index (χ1) is 15.0. The predicted octanol–water partition coefficient (Wildman–Crippen LogP) is -0.241. The third-order valence-corrected chi connectivity index (χ3v) is 5.14. The first kappa shape index (κ1) is 24.9. The van der Waals surface area contributed by atoms with Crippen LogP contribution in [0.15, 0.2) is 31.2 Å². The second-order valence-electron chi connectivity index (χ2n) is 6.78. The van der Waals surface area contributed by atoms with E-state index in [0.717, 1.165) is 21.6 Å². The van der Waals surface area contributed by atoms with E-state index in [4.69, 9.17) is 20.0 Å². The third kappa shape index (κ3) is 5.64. The highest BCUT2D eigenvalue weighted by atomic mass is 32.2. The van der Waals surface area contributed by atoms with Crippen LogP contribution < -0.4 is 27.0 Å². The van der Waals surface area contributed by atoms with Gasteiger partial charge >= 0.3 is 11.7 Å². The van der Waals surface area contributed by atoms with Gasteiger partial charge in [0, 0.05) is 13.1 Å². The van der Waals surface area contributed by atoms with Crippen molar-refractivity contribution in [3.8, 4) is 0 Å². The number of rotatable bonds is 10. The largest absolute Gasteiger partial charge is 0.450 e. The van der Waals surface area contributed by atoms with Crippen molar-refractivity contribution in [1.82, 2.24) is 9.55 Å². The fraction of sp³-hybridized carbons (Fsp3) is 0.444. The van der Waals surface area contributed by atoms with Crippen molar-refractivity contribution in [2.45, 2.75) is 44.7 Å². The molecule has 2 rings (SSSR count). The number of hydrogen-bond acceptors (Lipinski definition) is 9. The lowest BCUT2D eigenvalue weighted by Crippen LogP contribution is -2.43. The summed E-state index contributed by atoms with van der Waals surface area (Å²) in [5.74, 6) is -2.54. The monoisotopic (exact) mass is 471 g/mol. The van der Waals surface area contributed by atoms with Crippen LogP contribution in [0.5, 0.6) is 0 Å². The summed E-state index contributed by atoms with van der Waals surface area (Å²) < 4.78 is 33.4. The van der Waals surface area contributed by atoms with Crippen LogP contribution in [-0.2, 0) is 26.1 Å². The number of hydrogen-bond donors (Lipinski definition) is 3. The van der Waals surface area contributed by atoms with E-state index in [-0.39, 0.29) is 24.6 Å². The summed E-state index contributed by atoms with van der Waals surface area (Å²) in [6.07, 6.45) is 1.74. The minimum atomic E-state index is -4.16. The van der Waals surface area contributed by atoms with E-state index < -0.39 is 50.6 Å². The molecule has 1 amide bonds. The topological polar surface area (TPSA) is 201 Å². The number of anilines is 2. The van der Waals surface area contributed by atoms with Crippen molar-refractivity contribution in [1.29, 1.82) is 0 Å². The summed E-state index contributed by atoms with van der Waals surface area (Å²) in [5, 5.41) is 4.27. The molecule has 0 spiro atoms. The summed E-state index contributed by atoms with van der Waals surface area (Å²) in [7, 11) is -4.16. The number of carbonyl (C=O) groups is 2. The van der Waals surface area contributed by atoms with E-state index in [2.05, 4.69) is 4.98 Å². The van der Waals surface area contributed by atoms with Crippen LogP contribution in [0.4, 0.5) is 11.5 Å². The first-order valence-corrected chi connectivity index (χ1v) is 11.3. The van der Waals surface area contributed by atoms with Gasteiger partial charge in [0.05, 0.1) is 0 Å². The smallest absolute Gasteiger partial charge is 0.374 e. The molecular formula is C18H25N5O8S. The molecule has 0 saturated carbocycles. The van der Waals surface area contributed by atoms with Crippen LogP contribution in [0.1, 0.15) is 43.7 Å². The molecule has 0 bridgehead atoms. The number of nitrogens with two attached hydrogens (primary N) is 2. The van der Waals surface area contributed by atoms with Crippen molar-refractivity contribution >= 4 is 33.4 Å². The molecule has 0 aliphatic rings. The second kappa shape index (κ2) is 10.3. The second-order valence-corrected chi connectivity index (χ2v) is 8.28. The van der Waals surface area contributed by atoms with Gasteiger partial charge < -0.3 is 19.8 Å². The van der Waals surface area contributed by atoms with Crippen LogP contribution >= 0.6 is 0 Å². The number of nitrogens with one attached hydrogen (secondary N) is 1. The van der Waals surface area contributed by atoms with Gasteiger partial charge in [-0.15, -0.1) is 0 Å². The number of amides is 1. The summed E-state index contributed by atoms with van der Waals surface area (Å²) in [5.41, 5.74) is 4.26. The lowest BCUT2D eigenvalue weighted by atomic mass is 10.2. The van der Waals surface area contributed by atoms with Crippen molar-refractivity contribution < 1.29 is 27.2 Å². The van der Waals surface area contributed by atoms with E-state index in [1.54, 1.807) is 0 Å². The average molecular weight is 471 g/mol. The molecule has 0 aliphatic heterocycles. The summed E-state index contributed by atoms with van der Waals surface area (Å²) in [6, 6.07) is 2.00. The molecule has 2 aromatic heterocycles. The number of unbranched alkanes of at least 4 members (excludes halogenated alkanes) is 1. The highest BCUT2D eigenvalue weighted by Gasteiger charge is 2.26. The molecule has 0 saturated heterocycles. The zero-order chi connectivity index (χ0) is 24.1. The molecule has 0 radical (unpaired) electrons. The normalized spacial score (nSPS) is 11.3. The number of aromatic nitrogens is 2. The Kier molecular flexibility index (Phi) is 7.99. The molecule has 0 aliphatic carbocycles. The Morgan fingerprint density at radius 1 is 1.22 bits per heavy atom. The van der Waals surface area contributed by atoms with Crippen LogP contribution in [0, 0.1) is 0 Å². The van der Waals surface area contributed by atoms with Crippen LogP contribution in [0.2, 0.25) is 0 Å². The predicted molar refractivity (Wildman–Crippen MR) is 114 cm³/mol. The minimum absolute atomic E-state index is 0.0841. The Balaban J connectivity index is 2.29. The van der Waals surface area contributed by atoms with Crippen LogP contribution in [-0.4, -0.2) is 43.0 Å². The van der Waals surface area contributed by atoms with Crippen molar-refractivity contribution in [2.75, 3.05) is 23.8 Å². The van der Waals surface area contributed by atoms with Gasteiger partial charge in [-0.25, -0.2) is 23.1 Å². The number of primary sulfonamides is 1. The number of aromatic amines is 1. The third-order valence-electron chi connectivity index (χ3n) is 4.36. The maximum atomic E-state index is 12.8. The molecule has 2 aromatic rings. The molecule has 32 heavy (non-hydrogen) atoms. The van der Waals surface area contributed by atoms with E-state index in [0.29, 0.717) is 19.3 Å². The number of H-pyrrole nitrogens is 1. The zero-order valence-corrected chi connectivity index (χ0v) is 18.4. The summed E-state index contributed by atoms with van der Waals surface area (Å²) in [4.78, 5) is 52.6. The number of nitrogen functional groups attached to an aromatic ring is 1. The fourth-order valence-electron chi connectivity index (χ4n) is 2.82. The molecule has 176 valence electrons. The first-order valence-electron chi connectivity index (χ1n) is 9.73. The number of esters is 1. The number of furan rings is 1. The quantitative estimate of drug-likeness (QED) is 0.391. The van der Waals surface area contributed by atoms with E-state index >= 15 is 0 Å². The van der Waals surface area contributed by atoms with E-state index in [1.165, 1.54) is 0 Å². The van der Waals surface area contributed by atoms with Gasteiger partial charge in [-0.3, -0.25) is 19.1 Å². The average Bonchev–Trinajstić information content (AvgIpc) is 3.22. The highest BCUT2D eigenvalue weighted by Crippen LogP contribution is 2.19. The molecule has 5 N–H and O–H groups in total. The van der Waals surface area contributed by atoms with E-state index in [9.17, 15) is 27.6 Å². The van der Waals surface area contributed by atoms with Gasteiger partial charge in [0.2, 0.25) is 10.9 Å². The Labute approximate surface area is 183 Å². The Morgan fingerprint density at radius 3 is 2.47 bits per heavy atom. The molecule has 14 heteroatoms. The standard InChI is InChI=1S/C18H25N5O8S/c1-3-5-9-22(14-15(19)23(8-4-2)18(27)21-16(14)25)12(24)10-30-17(26)11-6-7-13(31-11)32(20,28)29/h6-7H,3-5,8-10,19H2,1-2H3,(H2,20,28,29)(H,21,25,27). The lowest BCUT2D eigenvalue weighted by molar-refractivity contribution is -0.121. The highest BCUT2D eigenvalue weighted by molar-refractivity contribution is 7.89. The Hall–Kier alpha value is -3.39. The van der Waals surface area contributed by atoms with Gasteiger partial charge in [-0.1, -0.05) is 20.3 Å². The summed E-state index contributed by atoms with van der Waals surface area (Å²) >= 11 is 0. The number of sulfonamides is 1. The van der Waals surface area contributed by atoms with Crippen molar-refractivity contribution in [3.05, 3.63) is 38.7 Å². The molecule has 0 unspecified atom stereocenters. The zero-order valence-electron chi connectivity index (χ0n) is 17.6. The maximum Gasteiger partial charge on any atom is 0.374 e. The molecule has 2 heterocycles. The number of nitrogens with zero attached hydrogens (tertiary/aromatic N) is 2. The minimum Gasteiger partial charge on any atom is -0.450 e. The van der Waals surface area contributed by atoms with Gasteiger partial charge in [0.25, 0.3) is 21.5 Å². The SMILES string of the molecule is CCCCN(C(=O)COC(=O)c1ccc(S(N)(=O)=O)o1)c1c(N)n(CCC)c(=O)[nH]c1=O.